The number of nitrogens with one attached hydrogen (secondary N) is 1. The standard InChI is InChI=1S/C17H22N2O4S/c1-4-13-14(16(20)22-3)19-15(24-13)11(2)18-17(21)23-10-12-8-6-5-7-9-12/h5-9,11,13-14H,4,10H2,1-3H3,(H,18,21)/t11-,13+,14-/m0/s1. The molecule has 0 spiro atoms. The molecule has 0 fully saturated rings. The number of carbonyl (C=O) groups is 2. The summed E-state index contributed by atoms with van der Waals surface area (Å²) in [6.45, 7) is 4.03. The first-order chi connectivity index (χ1) is 11.5. The van der Waals surface area contributed by atoms with Gasteiger partial charge in [-0.05, 0) is 18.9 Å². The van der Waals surface area contributed by atoms with Crippen LogP contribution in [0.15, 0.2) is 35.3 Å². The van der Waals surface area contributed by atoms with Crippen LogP contribution < -0.4 is 5.32 Å². The van der Waals surface area contributed by atoms with E-state index in [0.717, 1.165) is 12.0 Å². The maximum Gasteiger partial charge on any atom is 0.408 e. The molecule has 1 aromatic carbocycles. The molecule has 2 rings (SSSR count). The predicted octanol–water partition coefficient (Wildman–Crippen LogP) is 2.77. The summed E-state index contributed by atoms with van der Waals surface area (Å²) < 4.78 is 9.99. The second-order valence-corrected chi connectivity index (χ2v) is 6.69. The summed E-state index contributed by atoms with van der Waals surface area (Å²) in [6.07, 6.45) is 0.284. The third-order valence-electron chi connectivity index (χ3n) is 3.65. The van der Waals surface area contributed by atoms with E-state index in [2.05, 4.69) is 10.3 Å². The number of carbonyl (C=O) groups excluding carboxylic acids is 2. The molecule has 0 saturated heterocycles. The van der Waals surface area contributed by atoms with Crippen molar-refractivity contribution in [2.24, 2.45) is 4.99 Å². The maximum absolute atomic E-state index is 11.9. The smallest absolute Gasteiger partial charge is 0.408 e. The Morgan fingerprint density at radius 3 is 2.67 bits per heavy atom. The number of benzene rings is 1. The molecule has 0 saturated carbocycles. The fourth-order valence-electron chi connectivity index (χ4n) is 2.32. The summed E-state index contributed by atoms with van der Waals surface area (Å²) in [5, 5.41) is 3.50. The number of esters is 1. The van der Waals surface area contributed by atoms with Gasteiger partial charge in [-0.1, -0.05) is 37.3 Å². The molecular formula is C17H22N2O4S. The molecule has 130 valence electrons. The van der Waals surface area contributed by atoms with Gasteiger partial charge < -0.3 is 14.8 Å². The Morgan fingerprint density at radius 2 is 2.04 bits per heavy atom. The molecule has 1 heterocycles. The fourth-order valence-corrected chi connectivity index (χ4v) is 3.53. The van der Waals surface area contributed by atoms with Crippen LogP contribution >= 0.6 is 11.8 Å². The Bertz CT molecular complexity index is 606. The second-order valence-electron chi connectivity index (χ2n) is 5.43. The summed E-state index contributed by atoms with van der Waals surface area (Å²) in [4.78, 5) is 28.1. The number of rotatable bonds is 6. The highest BCUT2D eigenvalue weighted by Gasteiger charge is 2.36. The van der Waals surface area contributed by atoms with Crippen LogP contribution in [0.25, 0.3) is 0 Å². The Morgan fingerprint density at radius 1 is 1.33 bits per heavy atom. The van der Waals surface area contributed by atoms with Crippen molar-refractivity contribution < 1.29 is 19.1 Å². The van der Waals surface area contributed by atoms with Crippen LogP contribution in [0.1, 0.15) is 25.8 Å². The lowest BCUT2D eigenvalue weighted by molar-refractivity contribution is -0.141. The van der Waals surface area contributed by atoms with Gasteiger partial charge in [0.05, 0.1) is 18.2 Å². The van der Waals surface area contributed by atoms with Gasteiger partial charge in [0.2, 0.25) is 0 Å². The van der Waals surface area contributed by atoms with Gasteiger partial charge in [-0.25, -0.2) is 9.59 Å². The fraction of sp³-hybridized carbons (Fsp3) is 0.471. The van der Waals surface area contributed by atoms with Crippen LogP contribution in [-0.4, -0.2) is 41.5 Å². The largest absolute Gasteiger partial charge is 0.467 e. The van der Waals surface area contributed by atoms with E-state index in [1.807, 2.05) is 44.2 Å². The molecule has 1 aliphatic heterocycles. The highest BCUT2D eigenvalue weighted by atomic mass is 32.2. The number of amides is 1. The van der Waals surface area contributed by atoms with Crippen LogP contribution in [0.5, 0.6) is 0 Å². The van der Waals surface area contributed by atoms with Crippen molar-refractivity contribution in [2.75, 3.05) is 7.11 Å². The number of nitrogens with zero attached hydrogens (tertiary/aromatic N) is 1. The van der Waals surface area contributed by atoms with Crippen molar-refractivity contribution in [3.05, 3.63) is 35.9 Å². The van der Waals surface area contributed by atoms with E-state index in [-0.39, 0.29) is 23.9 Å². The third kappa shape index (κ3) is 4.74. The molecule has 0 bridgehead atoms. The van der Waals surface area contributed by atoms with Gasteiger partial charge >= 0.3 is 12.1 Å². The zero-order valence-electron chi connectivity index (χ0n) is 14.0. The number of thioether (sulfide) groups is 1. The Hall–Kier alpha value is -2.02. The monoisotopic (exact) mass is 350 g/mol. The van der Waals surface area contributed by atoms with Gasteiger partial charge in [0, 0.05) is 5.25 Å². The average molecular weight is 350 g/mol. The summed E-state index contributed by atoms with van der Waals surface area (Å²) in [7, 11) is 1.36. The van der Waals surface area contributed by atoms with E-state index in [1.54, 1.807) is 0 Å². The van der Waals surface area contributed by atoms with Crippen LogP contribution in [0, 0.1) is 0 Å². The molecule has 1 aliphatic rings. The lowest BCUT2D eigenvalue weighted by atomic mass is 10.2. The quantitative estimate of drug-likeness (QED) is 0.798. The predicted molar refractivity (Wildman–Crippen MR) is 94.1 cm³/mol. The average Bonchev–Trinajstić information content (AvgIpc) is 3.04. The van der Waals surface area contributed by atoms with Crippen molar-refractivity contribution in [3.8, 4) is 0 Å². The Kier molecular flexibility index (Phi) is 6.66. The summed E-state index contributed by atoms with van der Waals surface area (Å²) in [5.41, 5.74) is 0.921. The lowest BCUT2D eigenvalue weighted by Crippen LogP contribution is -2.37. The minimum Gasteiger partial charge on any atom is -0.467 e. The van der Waals surface area contributed by atoms with Crippen LogP contribution in [0.4, 0.5) is 4.79 Å². The molecule has 0 aliphatic carbocycles. The zero-order chi connectivity index (χ0) is 17.5. The van der Waals surface area contributed by atoms with E-state index < -0.39 is 12.1 Å². The minimum absolute atomic E-state index is 0.0389. The molecule has 0 radical (unpaired) electrons. The normalized spacial score (nSPS) is 20.9. The molecule has 6 nitrogen and oxygen atoms in total. The number of hydrogen-bond acceptors (Lipinski definition) is 6. The first-order valence-electron chi connectivity index (χ1n) is 7.84. The van der Waals surface area contributed by atoms with Crippen molar-refractivity contribution in [1.29, 1.82) is 0 Å². The summed E-state index contributed by atoms with van der Waals surface area (Å²) in [6, 6.07) is 8.64. The lowest BCUT2D eigenvalue weighted by Gasteiger charge is -2.14. The highest BCUT2D eigenvalue weighted by molar-refractivity contribution is 8.15. The van der Waals surface area contributed by atoms with Gasteiger partial charge in [-0.2, -0.15) is 0 Å². The van der Waals surface area contributed by atoms with E-state index in [0.29, 0.717) is 5.04 Å². The maximum atomic E-state index is 11.9. The van der Waals surface area contributed by atoms with Crippen molar-refractivity contribution in [3.63, 3.8) is 0 Å². The van der Waals surface area contributed by atoms with E-state index in [1.165, 1.54) is 18.9 Å². The number of methoxy groups -OCH3 is 1. The number of hydrogen-bond donors (Lipinski definition) is 1. The van der Waals surface area contributed by atoms with Gasteiger partial charge in [-0.3, -0.25) is 4.99 Å². The van der Waals surface area contributed by atoms with Gasteiger partial charge in [0.25, 0.3) is 0 Å². The molecule has 1 amide bonds. The molecule has 0 unspecified atom stereocenters. The first kappa shape index (κ1) is 18.3. The number of alkyl carbamates (subject to hydrolysis) is 1. The van der Waals surface area contributed by atoms with E-state index in [9.17, 15) is 9.59 Å². The molecule has 7 heteroatoms. The third-order valence-corrected chi connectivity index (χ3v) is 5.25. The first-order valence-corrected chi connectivity index (χ1v) is 8.72. The molecule has 1 N–H and O–H groups in total. The van der Waals surface area contributed by atoms with E-state index in [4.69, 9.17) is 9.47 Å². The second kappa shape index (κ2) is 8.73. The van der Waals surface area contributed by atoms with Gasteiger partial charge in [0.1, 0.15) is 6.61 Å². The molecule has 1 aromatic rings. The van der Waals surface area contributed by atoms with Crippen LogP contribution in [0.2, 0.25) is 0 Å². The summed E-state index contributed by atoms with van der Waals surface area (Å²) >= 11 is 1.51. The minimum atomic E-state index is -0.510. The van der Waals surface area contributed by atoms with Gasteiger partial charge in [-0.15, -0.1) is 11.8 Å². The molecular weight excluding hydrogens is 328 g/mol. The zero-order valence-corrected chi connectivity index (χ0v) is 14.8. The highest BCUT2D eigenvalue weighted by Crippen LogP contribution is 2.31. The topological polar surface area (TPSA) is 77.0 Å². The van der Waals surface area contributed by atoms with Crippen LogP contribution in [-0.2, 0) is 20.9 Å². The number of aliphatic imine (C=N–C) groups is 1. The Labute approximate surface area is 146 Å². The van der Waals surface area contributed by atoms with Gasteiger partial charge in [0.15, 0.2) is 6.04 Å². The van der Waals surface area contributed by atoms with Crippen molar-refractivity contribution >= 4 is 28.9 Å². The SMILES string of the molecule is CC[C@H]1SC([C@H](C)NC(=O)OCc2ccccc2)=N[C@@H]1C(=O)OC. The van der Waals surface area contributed by atoms with E-state index >= 15 is 0 Å². The summed E-state index contributed by atoms with van der Waals surface area (Å²) in [5.74, 6) is -0.344. The molecule has 0 aromatic heterocycles. The number of ether oxygens (including phenoxy) is 2. The molecule has 24 heavy (non-hydrogen) atoms. The van der Waals surface area contributed by atoms with Crippen molar-refractivity contribution in [2.45, 2.75) is 44.2 Å². The molecule has 3 atom stereocenters. The van der Waals surface area contributed by atoms with Crippen LogP contribution in [0.3, 0.4) is 0 Å². The van der Waals surface area contributed by atoms with Crippen molar-refractivity contribution in [1.82, 2.24) is 5.32 Å². The Balaban J connectivity index is 1.88.